The van der Waals surface area contributed by atoms with Crippen LogP contribution in [0.4, 0.5) is 5.13 Å². The smallest absolute Gasteiger partial charge is 0.328 e. The Labute approximate surface area is 105 Å². The van der Waals surface area contributed by atoms with Gasteiger partial charge in [0.05, 0.1) is 6.61 Å². The van der Waals surface area contributed by atoms with Crippen molar-refractivity contribution in [2.75, 3.05) is 18.1 Å². The number of hydrogen-bond donors (Lipinski definition) is 0. The van der Waals surface area contributed by atoms with E-state index in [4.69, 9.17) is 4.74 Å². The molecule has 1 aromatic heterocycles. The SMILES string of the molecule is CCOC(=O)C1CCCCN1c1nnc(C)s1. The zero-order valence-corrected chi connectivity index (χ0v) is 11.0. The highest BCUT2D eigenvalue weighted by atomic mass is 32.1. The molecule has 0 bridgehead atoms. The summed E-state index contributed by atoms with van der Waals surface area (Å²) in [6.45, 7) is 5.04. The maximum absolute atomic E-state index is 11.9. The number of rotatable bonds is 3. The van der Waals surface area contributed by atoms with Gasteiger partial charge in [0, 0.05) is 6.54 Å². The van der Waals surface area contributed by atoms with Crippen molar-refractivity contribution in [2.45, 2.75) is 39.2 Å². The van der Waals surface area contributed by atoms with Gasteiger partial charge < -0.3 is 9.64 Å². The Kier molecular flexibility index (Phi) is 3.93. The van der Waals surface area contributed by atoms with E-state index in [1.165, 1.54) is 11.3 Å². The van der Waals surface area contributed by atoms with E-state index in [0.717, 1.165) is 35.9 Å². The van der Waals surface area contributed by atoms with Gasteiger partial charge in [0.2, 0.25) is 5.13 Å². The minimum atomic E-state index is -0.184. The van der Waals surface area contributed by atoms with Gasteiger partial charge in [-0.1, -0.05) is 11.3 Å². The maximum Gasteiger partial charge on any atom is 0.328 e. The van der Waals surface area contributed by atoms with Crippen molar-refractivity contribution < 1.29 is 9.53 Å². The Bertz CT molecular complexity index is 394. The number of esters is 1. The standard InChI is InChI=1S/C11H17N3O2S/c1-3-16-10(15)9-6-4-5-7-14(9)11-13-12-8(2)17-11/h9H,3-7H2,1-2H3. The predicted octanol–water partition coefficient (Wildman–Crippen LogP) is 1.77. The summed E-state index contributed by atoms with van der Waals surface area (Å²) >= 11 is 1.53. The lowest BCUT2D eigenvalue weighted by Gasteiger charge is -2.33. The summed E-state index contributed by atoms with van der Waals surface area (Å²) in [5.41, 5.74) is 0. The molecule has 0 N–H and O–H groups in total. The Morgan fingerprint density at radius 3 is 3.00 bits per heavy atom. The van der Waals surface area contributed by atoms with E-state index in [2.05, 4.69) is 10.2 Å². The van der Waals surface area contributed by atoms with Crippen LogP contribution < -0.4 is 4.90 Å². The first-order valence-corrected chi connectivity index (χ1v) is 6.77. The van der Waals surface area contributed by atoms with E-state index in [1.807, 2.05) is 18.7 Å². The normalized spacial score (nSPS) is 20.4. The summed E-state index contributed by atoms with van der Waals surface area (Å²) < 4.78 is 5.12. The topological polar surface area (TPSA) is 55.3 Å². The number of aryl methyl sites for hydroxylation is 1. The van der Waals surface area contributed by atoms with Crippen molar-refractivity contribution in [3.8, 4) is 0 Å². The van der Waals surface area contributed by atoms with Gasteiger partial charge in [0.15, 0.2) is 0 Å². The number of nitrogens with zero attached hydrogens (tertiary/aromatic N) is 3. The summed E-state index contributed by atoms with van der Waals surface area (Å²) in [7, 11) is 0. The van der Waals surface area contributed by atoms with Crippen LogP contribution >= 0.6 is 11.3 Å². The van der Waals surface area contributed by atoms with Gasteiger partial charge in [0.1, 0.15) is 11.0 Å². The van der Waals surface area contributed by atoms with E-state index < -0.39 is 0 Å². The molecule has 5 nitrogen and oxygen atoms in total. The van der Waals surface area contributed by atoms with Gasteiger partial charge in [-0.2, -0.15) is 0 Å². The summed E-state index contributed by atoms with van der Waals surface area (Å²) in [5.74, 6) is -0.139. The lowest BCUT2D eigenvalue weighted by atomic mass is 10.0. The van der Waals surface area contributed by atoms with Gasteiger partial charge in [0.25, 0.3) is 0 Å². The molecule has 0 aliphatic carbocycles. The number of carbonyl (C=O) groups is 1. The monoisotopic (exact) mass is 255 g/mol. The number of ether oxygens (including phenoxy) is 1. The van der Waals surface area contributed by atoms with Crippen LogP contribution in [-0.4, -0.2) is 35.4 Å². The fourth-order valence-corrected chi connectivity index (χ4v) is 2.81. The molecule has 1 atom stereocenters. The number of aromatic nitrogens is 2. The largest absolute Gasteiger partial charge is 0.464 e. The van der Waals surface area contributed by atoms with E-state index in [0.29, 0.717) is 6.61 Å². The molecule has 1 saturated heterocycles. The number of piperidine rings is 1. The molecule has 0 saturated carbocycles. The maximum atomic E-state index is 11.9. The molecular weight excluding hydrogens is 238 g/mol. The Morgan fingerprint density at radius 1 is 1.53 bits per heavy atom. The number of hydrogen-bond acceptors (Lipinski definition) is 6. The van der Waals surface area contributed by atoms with Crippen molar-refractivity contribution in [3.05, 3.63) is 5.01 Å². The highest BCUT2D eigenvalue weighted by Gasteiger charge is 2.31. The van der Waals surface area contributed by atoms with Crippen molar-refractivity contribution in [3.63, 3.8) is 0 Å². The van der Waals surface area contributed by atoms with Crippen LogP contribution in [0.15, 0.2) is 0 Å². The highest BCUT2D eigenvalue weighted by Crippen LogP contribution is 2.27. The predicted molar refractivity (Wildman–Crippen MR) is 66.3 cm³/mol. The fraction of sp³-hybridized carbons (Fsp3) is 0.727. The molecule has 1 fully saturated rings. The van der Waals surface area contributed by atoms with Crippen molar-refractivity contribution in [2.24, 2.45) is 0 Å². The van der Waals surface area contributed by atoms with E-state index in [-0.39, 0.29) is 12.0 Å². The van der Waals surface area contributed by atoms with Crippen LogP contribution in [0.2, 0.25) is 0 Å². The molecule has 1 aliphatic rings. The molecule has 0 amide bonds. The molecular formula is C11H17N3O2S. The van der Waals surface area contributed by atoms with E-state index in [1.54, 1.807) is 0 Å². The van der Waals surface area contributed by atoms with Gasteiger partial charge in [-0.3, -0.25) is 0 Å². The zero-order valence-electron chi connectivity index (χ0n) is 10.2. The minimum Gasteiger partial charge on any atom is -0.464 e. The Balaban J connectivity index is 2.14. The van der Waals surface area contributed by atoms with Crippen LogP contribution in [0.1, 0.15) is 31.2 Å². The number of anilines is 1. The highest BCUT2D eigenvalue weighted by molar-refractivity contribution is 7.15. The lowest BCUT2D eigenvalue weighted by Crippen LogP contribution is -2.45. The third kappa shape index (κ3) is 2.74. The summed E-state index contributed by atoms with van der Waals surface area (Å²) in [6.07, 6.45) is 3.00. The minimum absolute atomic E-state index is 0.139. The molecule has 1 unspecified atom stereocenters. The quantitative estimate of drug-likeness (QED) is 0.770. The second kappa shape index (κ2) is 5.44. The van der Waals surface area contributed by atoms with Crippen molar-refractivity contribution >= 4 is 22.4 Å². The van der Waals surface area contributed by atoms with E-state index in [9.17, 15) is 4.79 Å². The van der Waals surface area contributed by atoms with E-state index >= 15 is 0 Å². The van der Waals surface area contributed by atoms with Crippen LogP contribution in [-0.2, 0) is 9.53 Å². The molecule has 2 heterocycles. The molecule has 6 heteroatoms. The van der Waals surface area contributed by atoms with Gasteiger partial charge in [-0.15, -0.1) is 10.2 Å². The molecule has 1 aliphatic heterocycles. The average molecular weight is 255 g/mol. The first-order chi connectivity index (χ1) is 8.22. The first-order valence-electron chi connectivity index (χ1n) is 5.95. The second-order valence-corrected chi connectivity index (χ2v) is 5.22. The van der Waals surface area contributed by atoms with Crippen LogP contribution in [0, 0.1) is 6.92 Å². The third-order valence-corrected chi connectivity index (χ3v) is 3.70. The average Bonchev–Trinajstić information content (AvgIpc) is 2.76. The molecule has 0 aromatic carbocycles. The molecule has 0 spiro atoms. The van der Waals surface area contributed by atoms with Crippen LogP contribution in [0.5, 0.6) is 0 Å². The first kappa shape index (κ1) is 12.3. The van der Waals surface area contributed by atoms with Crippen LogP contribution in [0.3, 0.4) is 0 Å². The molecule has 94 valence electrons. The third-order valence-electron chi connectivity index (χ3n) is 2.82. The summed E-state index contributed by atoms with van der Waals surface area (Å²) in [6, 6.07) is -0.184. The molecule has 0 radical (unpaired) electrons. The van der Waals surface area contributed by atoms with Crippen molar-refractivity contribution in [1.82, 2.24) is 10.2 Å². The second-order valence-electron chi connectivity index (χ2n) is 4.06. The summed E-state index contributed by atoms with van der Waals surface area (Å²) in [4.78, 5) is 13.9. The fourth-order valence-electron chi connectivity index (χ4n) is 2.05. The van der Waals surface area contributed by atoms with Crippen molar-refractivity contribution in [1.29, 1.82) is 0 Å². The Morgan fingerprint density at radius 2 is 2.35 bits per heavy atom. The molecule has 17 heavy (non-hydrogen) atoms. The number of carbonyl (C=O) groups excluding carboxylic acids is 1. The van der Waals surface area contributed by atoms with Gasteiger partial charge >= 0.3 is 5.97 Å². The van der Waals surface area contributed by atoms with Crippen LogP contribution in [0.25, 0.3) is 0 Å². The Hall–Kier alpha value is -1.17. The lowest BCUT2D eigenvalue weighted by molar-refractivity contribution is -0.145. The van der Waals surface area contributed by atoms with Gasteiger partial charge in [-0.05, 0) is 33.1 Å². The summed E-state index contributed by atoms with van der Waals surface area (Å²) in [5, 5.41) is 9.88. The molecule has 1 aromatic rings. The zero-order chi connectivity index (χ0) is 12.3. The molecule has 2 rings (SSSR count). The van der Waals surface area contributed by atoms with Gasteiger partial charge in [-0.25, -0.2) is 4.79 Å².